The smallest absolute Gasteiger partial charge is 0.244 e. The zero-order chi connectivity index (χ0) is 24.8. The zero-order valence-electron chi connectivity index (χ0n) is 20.3. The first kappa shape index (κ1) is 26.4. The number of sulfonamides is 1. The number of anilines is 1. The van der Waals surface area contributed by atoms with Gasteiger partial charge >= 0.3 is 0 Å². The average molecular weight is 474 g/mol. The number of nitrogens with one attached hydrogen (secondary N) is 1. The van der Waals surface area contributed by atoms with Crippen LogP contribution in [0.3, 0.4) is 0 Å². The summed E-state index contributed by atoms with van der Waals surface area (Å²) >= 11 is 0. The molecule has 8 heteroatoms. The van der Waals surface area contributed by atoms with Crippen LogP contribution in [0.1, 0.15) is 43.9 Å². The van der Waals surface area contributed by atoms with Crippen LogP contribution in [0.15, 0.2) is 48.5 Å². The molecule has 0 aromatic heterocycles. The third-order valence-electron chi connectivity index (χ3n) is 5.89. The van der Waals surface area contributed by atoms with Gasteiger partial charge in [-0.25, -0.2) is 8.42 Å². The van der Waals surface area contributed by atoms with Crippen molar-refractivity contribution in [3.63, 3.8) is 0 Å². The van der Waals surface area contributed by atoms with Crippen molar-refractivity contribution in [1.29, 1.82) is 0 Å². The van der Waals surface area contributed by atoms with E-state index in [9.17, 15) is 18.0 Å². The molecule has 0 aliphatic rings. The van der Waals surface area contributed by atoms with Crippen molar-refractivity contribution in [2.45, 2.75) is 59.7 Å². The Kier molecular flexibility index (Phi) is 9.05. The highest BCUT2D eigenvalue weighted by Gasteiger charge is 2.31. The summed E-state index contributed by atoms with van der Waals surface area (Å²) in [6.45, 7) is 9.06. The topological polar surface area (TPSA) is 86.8 Å². The van der Waals surface area contributed by atoms with Gasteiger partial charge in [0.1, 0.15) is 12.6 Å². The lowest BCUT2D eigenvalue weighted by molar-refractivity contribution is -0.139. The fraction of sp³-hybridized carbons (Fsp3) is 0.440. The molecule has 0 bridgehead atoms. The zero-order valence-corrected chi connectivity index (χ0v) is 21.1. The van der Waals surface area contributed by atoms with Crippen molar-refractivity contribution < 1.29 is 18.0 Å². The molecule has 0 radical (unpaired) electrons. The number of nitrogens with zero attached hydrogens (tertiary/aromatic N) is 2. The highest BCUT2D eigenvalue weighted by atomic mass is 32.2. The lowest BCUT2D eigenvalue weighted by Crippen LogP contribution is -2.52. The highest BCUT2D eigenvalue weighted by molar-refractivity contribution is 7.92. The lowest BCUT2D eigenvalue weighted by atomic mass is 10.1. The molecule has 2 aromatic rings. The average Bonchev–Trinajstić information content (AvgIpc) is 2.77. The van der Waals surface area contributed by atoms with Crippen LogP contribution < -0.4 is 9.62 Å². The molecule has 0 unspecified atom stereocenters. The summed E-state index contributed by atoms with van der Waals surface area (Å²) in [5.41, 5.74) is 3.03. The van der Waals surface area contributed by atoms with Gasteiger partial charge in [-0.2, -0.15) is 0 Å². The molecule has 0 aliphatic carbocycles. The van der Waals surface area contributed by atoms with Gasteiger partial charge in [-0.1, -0.05) is 49.4 Å². The van der Waals surface area contributed by atoms with Crippen LogP contribution in [-0.4, -0.2) is 50.0 Å². The molecule has 0 aliphatic heterocycles. The van der Waals surface area contributed by atoms with E-state index in [2.05, 4.69) is 5.32 Å². The Morgan fingerprint density at radius 2 is 1.64 bits per heavy atom. The van der Waals surface area contributed by atoms with Crippen molar-refractivity contribution in [2.24, 2.45) is 0 Å². The first-order valence-corrected chi connectivity index (χ1v) is 13.0. The van der Waals surface area contributed by atoms with Gasteiger partial charge in [-0.05, 0) is 56.9 Å². The first-order chi connectivity index (χ1) is 15.5. The van der Waals surface area contributed by atoms with Crippen LogP contribution in [0, 0.1) is 13.8 Å². The fourth-order valence-electron chi connectivity index (χ4n) is 3.43. The molecular formula is C25H35N3O4S. The van der Waals surface area contributed by atoms with Gasteiger partial charge in [0.05, 0.1) is 11.9 Å². The molecule has 2 rings (SSSR count). The molecule has 2 aromatic carbocycles. The van der Waals surface area contributed by atoms with E-state index in [1.165, 1.54) is 4.90 Å². The molecule has 7 nitrogen and oxygen atoms in total. The summed E-state index contributed by atoms with van der Waals surface area (Å²) in [5.74, 6) is -0.719. The molecule has 2 atom stereocenters. The van der Waals surface area contributed by atoms with Crippen LogP contribution in [0.2, 0.25) is 0 Å². The van der Waals surface area contributed by atoms with E-state index >= 15 is 0 Å². The number of hydrogen-bond acceptors (Lipinski definition) is 4. The van der Waals surface area contributed by atoms with Crippen molar-refractivity contribution in [3.05, 3.63) is 65.2 Å². The van der Waals surface area contributed by atoms with Crippen molar-refractivity contribution >= 4 is 27.5 Å². The number of amides is 2. The molecule has 2 amide bonds. The predicted molar refractivity (Wildman–Crippen MR) is 132 cm³/mol. The molecule has 180 valence electrons. The third-order valence-corrected chi connectivity index (χ3v) is 7.01. The normalized spacial score (nSPS) is 13.2. The van der Waals surface area contributed by atoms with E-state index < -0.39 is 28.5 Å². The van der Waals surface area contributed by atoms with Gasteiger partial charge in [0.2, 0.25) is 21.8 Å². The second-order valence-electron chi connectivity index (χ2n) is 8.49. The summed E-state index contributed by atoms with van der Waals surface area (Å²) in [5, 5.41) is 2.92. The SMILES string of the molecule is CC[C@H](C)NC(=O)[C@@H](C)N(Cc1ccccc1)C(=O)CN(c1cccc(C)c1C)S(C)(=O)=O. The van der Waals surface area contributed by atoms with Crippen LogP contribution in [0.25, 0.3) is 0 Å². The molecule has 1 N–H and O–H groups in total. The Bertz CT molecular complexity index is 1070. The summed E-state index contributed by atoms with van der Waals surface area (Å²) in [4.78, 5) is 27.8. The van der Waals surface area contributed by atoms with E-state index in [1.54, 1.807) is 19.1 Å². The standard InChI is InChI=1S/C25H35N3O4S/c1-7-19(3)26-25(30)21(5)27(16-22-13-9-8-10-14-22)24(29)17-28(33(6,31)32)23-15-11-12-18(2)20(23)4/h8-15,19,21H,7,16-17H2,1-6H3,(H,26,30)/t19-,21+/m0/s1. The largest absolute Gasteiger partial charge is 0.352 e. The van der Waals surface area contributed by atoms with E-state index in [-0.39, 0.29) is 18.5 Å². The van der Waals surface area contributed by atoms with Crippen molar-refractivity contribution in [3.8, 4) is 0 Å². The lowest BCUT2D eigenvalue weighted by Gasteiger charge is -2.32. The molecule has 0 saturated carbocycles. The van der Waals surface area contributed by atoms with Crippen molar-refractivity contribution in [2.75, 3.05) is 17.1 Å². The molecular weight excluding hydrogens is 438 g/mol. The number of benzene rings is 2. The number of aryl methyl sites for hydroxylation is 1. The van der Waals surface area contributed by atoms with E-state index in [0.29, 0.717) is 5.69 Å². The maximum atomic E-state index is 13.5. The minimum absolute atomic E-state index is 0.0314. The maximum absolute atomic E-state index is 13.5. The van der Waals surface area contributed by atoms with E-state index in [1.807, 2.05) is 64.1 Å². The third kappa shape index (κ3) is 7.05. The van der Waals surface area contributed by atoms with Gasteiger partial charge in [-0.3, -0.25) is 13.9 Å². The summed E-state index contributed by atoms with van der Waals surface area (Å²) < 4.78 is 26.5. The number of hydrogen-bond donors (Lipinski definition) is 1. The first-order valence-electron chi connectivity index (χ1n) is 11.1. The molecule has 0 saturated heterocycles. The van der Waals surface area contributed by atoms with Crippen LogP contribution in [-0.2, 0) is 26.2 Å². The highest BCUT2D eigenvalue weighted by Crippen LogP contribution is 2.25. The van der Waals surface area contributed by atoms with Gasteiger partial charge in [0.25, 0.3) is 0 Å². The monoisotopic (exact) mass is 473 g/mol. The molecule has 33 heavy (non-hydrogen) atoms. The molecule has 0 spiro atoms. The molecule has 0 fully saturated rings. The summed E-state index contributed by atoms with van der Waals surface area (Å²) in [6, 6.07) is 13.9. The van der Waals surface area contributed by atoms with Gasteiger partial charge < -0.3 is 10.2 Å². The minimum Gasteiger partial charge on any atom is -0.352 e. The maximum Gasteiger partial charge on any atom is 0.244 e. The number of carbonyl (C=O) groups excluding carboxylic acids is 2. The predicted octanol–water partition coefficient (Wildman–Crippen LogP) is 3.40. The number of rotatable bonds is 10. The second-order valence-corrected chi connectivity index (χ2v) is 10.4. The van der Waals surface area contributed by atoms with Gasteiger partial charge in [0, 0.05) is 12.6 Å². The summed E-state index contributed by atoms with van der Waals surface area (Å²) in [6.07, 6.45) is 1.85. The van der Waals surface area contributed by atoms with E-state index in [4.69, 9.17) is 0 Å². The van der Waals surface area contributed by atoms with Crippen molar-refractivity contribution in [1.82, 2.24) is 10.2 Å². The fourth-order valence-corrected chi connectivity index (χ4v) is 4.33. The number of carbonyl (C=O) groups is 2. The Labute approximate surface area is 197 Å². The Morgan fingerprint density at radius 1 is 1.00 bits per heavy atom. The van der Waals surface area contributed by atoms with Gasteiger partial charge in [-0.15, -0.1) is 0 Å². The van der Waals surface area contributed by atoms with E-state index in [0.717, 1.165) is 33.7 Å². The molecule has 0 heterocycles. The Balaban J connectivity index is 2.40. The quantitative estimate of drug-likeness (QED) is 0.573. The van der Waals surface area contributed by atoms with Crippen LogP contribution >= 0.6 is 0 Å². The summed E-state index contributed by atoms with van der Waals surface area (Å²) in [7, 11) is -3.74. The Morgan fingerprint density at radius 3 is 2.21 bits per heavy atom. The van der Waals surface area contributed by atoms with Crippen LogP contribution in [0.5, 0.6) is 0 Å². The second kappa shape index (κ2) is 11.3. The minimum atomic E-state index is -3.74. The Hall–Kier alpha value is -2.87. The van der Waals surface area contributed by atoms with Crippen LogP contribution in [0.4, 0.5) is 5.69 Å². The van der Waals surface area contributed by atoms with Gasteiger partial charge in [0.15, 0.2) is 0 Å².